The molecule has 0 saturated heterocycles. The van der Waals surface area contributed by atoms with Gasteiger partial charge in [-0.15, -0.1) is 0 Å². The number of nitrogens with zero attached hydrogens (tertiary/aromatic N) is 2. The van der Waals surface area contributed by atoms with E-state index in [9.17, 15) is 20.0 Å². The van der Waals surface area contributed by atoms with Gasteiger partial charge in [-0.2, -0.15) is 5.26 Å². The van der Waals surface area contributed by atoms with E-state index in [0.717, 1.165) is 11.4 Å². The number of hydrogen-bond acceptors (Lipinski definition) is 7. The number of para-hydroxylation sites is 3. The predicted octanol–water partition coefficient (Wildman–Crippen LogP) is 6.83. The van der Waals surface area contributed by atoms with Crippen LogP contribution in [-0.4, -0.2) is 29.8 Å². The Morgan fingerprint density at radius 3 is 2.11 bits per heavy atom. The van der Waals surface area contributed by atoms with E-state index in [1.165, 1.54) is 24.9 Å². The van der Waals surface area contributed by atoms with Crippen LogP contribution in [0.3, 0.4) is 0 Å². The monoisotopic (exact) mass is 602 g/mol. The van der Waals surface area contributed by atoms with Crippen molar-refractivity contribution in [2.45, 2.75) is 12.8 Å². The standard InChI is InChI=1S/C35H30N4O4S/c1-23-32(34(42)38-25-12-6-3-7-13-25)33(24-18-19-29(40)30(20-24)43-2)28(21-36)35(37-23)44-22-31(41)39(26-14-8-4-9-15-26)27-16-10-5-11-17-27/h3-20,33,37,40H,22H2,1-2H3,(H,38,42)/t33-/m1/s1. The Labute approximate surface area is 260 Å². The summed E-state index contributed by atoms with van der Waals surface area (Å²) in [4.78, 5) is 29.1. The molecule has 0 saturated carbocycles. The zero-order chi connectivity index (χ0) is 31.1. The van der Waals surface area contributed by atoms with Crippen LogP contribution in [0, 0.1) is 11.3 Å². The van der Waals surface area contributed by atoms with Gasteiger partial charge in [0, 0.05) is 28.3 Å². The predicted molar refractivity (Wildman–Crippen MR) is 173 cm³/mol. The van der Waals surface area contributed by atoms with Crippen LogP contribution in [0.25, 0.3) is 0 Å². The van der Waals surface area contributed by atoms with Crippen LogP contribution < -0.4 is 20.3 Å². The zero-order valence-electron chi connectivity index (χ0n) is 24.2. The second-order valence-corrected chi connectivity index (χ2v) is 10.9. The Morgan fingerprint density at radius 1 is 0.955 bits per heavy atom. The van der Waals surface area contributed by atoms with Crippen molar-refractivity contribution in [1.82, 2.24) is 5.32 Å². The van der Waals surface area contributed by atoms with Crippen LogP contribution in [0.4, 0.5) is 17.1 Å². The van der Waals surface area contributed by atoms with Crippen molar-refractivity contribution in [3.05, 3.63) is 137 Å². The third kappa shape index (κ3) is 6.46. The smallest absolute Gasteiger partial charge is 0.254 e. The topological polar surface area (TPSA) is 115 Å². The number of rotatable bonds is 9. The lowest BCUT2D eigenvalue weighted by Gasteiger charge is -2.30. The van der Waals surface area contributed by atoms with Gasteiger partial charge in [-0.3, -0.25) is 14.5 Å². The summed E-state index contributed by atoms with van der Waals surface area (Å²) in [6.45, 7) is 1.77. The minimum Gasteiger partial charge on any atom is -0.504 e. The van der Waals surface area contributed by atoms with Gasteiger partial charge < -0.3 is 20.5 Å². The Bertz CT molecular complexity index is 1730. The van der Waals surface area contributed by atoms with Crippen molar-refractivity contribution in [1.29, 1.82) is 5.26 Å². The minimum absolute atomic E-state index is 0.0156. The average molecular weight is 603 g/mol. The summed E-state index contributed by atoms with van der Waals surface area (Å²) in [5.74, 6) is -1.20. The first-order valence-corrected chi connectivity index (χ1v) is 14.8. The third-order valence-electron chi connectivity index (χ3n) is 7.08. The maximum absolute atomic E-state index is 13.8. The lowest BCUT2D eigenvalue weighted by atomic mass is 9.82. The molecule has 0 fully saturated rings. The van der Waals surface area contributed by atoms with Gasteiger partial charge in [0.2, 0.25) is 5.91 Å². The van der Waals surface area contributed by atoms with Crippen molar-refractivity contribution in [2.24, 2.45) is 0 Å². The first-order chi connectivity index (χ1) is 21.4. The number of nitriles is 1. The van der Waals surface area contributed by atoms with Gasteiger partial charge in [0.1, 0.15) is 0 Å². The normalized spacial score (nSPS) is 14.3. The molecule has 0 bridgehead atoms. The van der Waals surface area contributed by atoms with E-state index in [-0.39, 0.29) is 34.6 Å². The first-order valence-electron chi connectivity index (χ1n) is 13.8. The van der Waals surface area contributed by atoms with Crippen LogP contribution >= 0.6 is 11.8 Å². The highest BCUT2D eigenvalue weighted by molar-refractivity contribution is 8.03. The zero-order valence-corrected chi connectivity index (χ0v) is 25.0. The second kappa shape index (κ2) is 13.7. The molecule has 0 spiro atoms. The van der Waals surface area contributed by atoms with Crippen molar-refractivity contribution in [2.75, 3.05) is 23.1 Å². The molecule has 2 amide bonds. The summed E-state index contributed by atoms with van der Waals surface area (Å²) in [6.07, 6.45) is 0. The highest BCUT2D eigenvalue weighted by Crippen LogP contribution is 2.43. The van der Waals surface area contributed by atoms with E-state index in [4.69, 9.17) is 4.74 Å². The van der Waals surface area contributed by atoms with Crippen LogP contribution in [0.1, 0.15) is 18.4 Å². The molecule has 3 N–H and O–H groups in total. The summed E-state index contributed by atoms with van der Waals surface area (Å²) < 4.78 is 5.34. The third-order valence-corrected chi connectivity index (χ3v) is 8.08. The number of carbonyl (C=O) groups excluding carboxylic acids is 2. The van der Waals surface area contributed by atoms with E-state index in [0.29, 0.717) is 27.6 Å². The fourth-order valence-corrected chi connectivity index (χ4v) is 5.99. The molecule has 9 heteroatoms. The molecule has 4 aromatic rings. The number of allylic oxidation sites excluding steroid dienone is 2. The first kappa shape index (κ1) is 30.0. The van der Waals surface area contributed by atoms with Crippen LogP contribution in [0.2, 0.25) is 0 Å². The van der Waals surface area contributed by atoms with Gasteiger partial charge in [-0.1, -0.05) is 72.4 Å². The summed E-state index contributed by atoms with van der Waals surface area (Å²) in [7, 11) is 1.44. The van der Waals surface area contributed by atoms with Gasteiger partial charge in [-0.25, -0.2) is 0 Å². The summed E-state index contributed by atoms with van der Waals surface area (Å²) in [5, 5.41) is 27.4. The molecule has 1 atom stereocenters. The van der Waals surface area contributed by atoms with Gasteiger partial charge in [0.25, 0.3) is 5.91 Å². The lowest BCUT2D eigenvalue weighted by molar-refractivity contribution is -0.115. The Kier molecular flexibility index (Phi) is 9.33. The van der Waals surface area contributed by atoms with E-state index >= 15 is 0 Å². The summed E-state index contributed by atoms with van der Waals surface area (Å²) in [6, 6.07) is 34.8. The Hall–Kier alpha value is -5.46. The molecule has 8 nitrogen and oxygen atoms in total. The van der Waals surface area contributed by atoms with Gasteiger partial charge in [0.15, 0.2) is 11.5 Å². The molecule has 1 aliphatic rings. The molecule has 0 aliphatic carbocycles. The molecule has 1 heterocycles. The number of ether oxygens (including phenoxy) is 1. The van der Waals surface area contributed by atoms with Gasteiger partial charge >= 0.3 is 0 Å². The minimum atomic E-state index is -0.795. The van der Waals surface area contributed by atoms with Crippen molar-refractivity contribution < 1.29 is 19.4 Å². The quantitative estimate of drug-likeness (QED) is 0.192. The Balaban J connectivity index is 1.51. The number of anilines is 3. The number of amides is 2. The highest BCUT2D eigenvalue weighted by atomic mass is 32.2. The number of phenolic OH excluding ortho intramolecular Hbond substituents is 1. The Morgan fingerprint density at radius 2 is 1.55 bits per heavy atom. The van der Waals surface area contributed by atoms with E-state index < -0.39 is 5.92 Å². The molecule has 4 aromatic carbocycles. The summed E-state index contributed by atoms with van der Waals surface area (Å²) >= 11 is 1.20. The number of thioether (sulfide) groups is 1. The van der Waals surface area contributed by atoms with Crippen LogP contribution in [0.15, 0.2) is 131 Å². The van der Waals surface area contributed by atoms with E-state index in [1.807, 2.05) is 78.9 Å². The molecule has 220 valence electrons. The number of phenols is 1. The molecule has 44 heavy (non-hydrogen) atoms. The second-order valence-electron chi connectivity index (χ2n) is 9.89. The highest BCUT2D eigenvalue weighted by Gasteiger charge is 2.35. The molecular formula is C35H30N4O4S. The number of nitrogens with one attached hydrogen (secondary N) is 2. The molecule has 5 rings (SSSR count). The van der Waals surface area contributed by atoms with Gasteiger partial charge in [-0.05, 0) is 61.0 Å². The molecule has 1 aliphatic heterocycles. The fraction of sp³-hybridized carbons (Fsp3) is 0.114. The van der Waals surface area contributed by atoms with Crippen LogP contribution in [-0.2, 0) is 9.59 Å². The number of hydrogen-bond donors (Lipinski definition) is 3. The maximum atomic E-state index is 13.8. The van der Waals surface area contributed by atoms with Crippen LogP contribution in [0.5, 0.6) is 11.5 Å². The number of aromatic hydroxyl groups is 1. The molecule has 0 aromatic heterocycles. The fourth-order valence-electron chi connectivity index (χ4n) is 5.04. The number of carbonyl (C=O) groups is 2. The number of benzene rings is 4. The van der Waals surface area contributed by atoms with Gasteiger partial charge in [0.05, 0.1) is 35.5 Å². The SMILES string of the molecule is COc1cc([C@@H]2C(C#N)=C(SCC(=O)N(c3ccccc3)c3ccccc3)NC(C)=C2C(=O)Nc2ccccc2)ccc1O. The molecule has 0 unspecified atom stereocenters. The number of methoxy groups -OCH3 is 1. The summed E-state index contributed by atoms with van der Waals surface area (Å²) in [5.41, 5.74) is 3.77. The maximum Gasteiger partial charge on any atom is 0.254 e. The van der Waals surface area contributed by atoms with Crippen molar-refractivity contribution in [3.8, 4) is 17.6 Å². The number of dihydropyridines is 1. The average Bonchev–Trinajstić information content (AvgIpc) is 3.05. The largest absolute Gasteiger partial charge is 0.504 e. The van der Waals surface area contributed by atoms with E-state index in [1.54, 1.807) is 36.1 Å². The lowest BCUT2D eigenvalue weighted by Crippen LogP contribution is -2.32. The van der Waals surface area contributed by atoms with Crippen molar-refractivity contribution in [3.63, 3.8) is 0 Å². The van der Waals surface area contributed by atoms with E-state index in [2.05, 4.69) is 16.7 Å². The van der Waals surface area contributed by atoms with Crippen molar-refractivity contribution >= 4 is 40.6 Å². The molecular weight excluding hydrogens is 572 g/mol. The molecule has 0 radical (unpaired) electrons.